The van der Waals surface area contributed by atoms with Crippen LogP contribution in [0.3, 0.4) is 0 Å². The van der Waals surface area contributed by atoms with Crippen molar-refractivity contribution >= 4 is 22.9 Å². The van der Waals surface area contributed by atoms with Crippen LogP contribution in [0.5, 0.6) is 0 Å². The average Bonchev–Trinajstić information content (AvgIpc) is 3.23. The first-order valence-electron chi connectivity index (χ1n) is 7.38. The number of nitrogens with zero attached hydrogens (tertiary/aromatic N) is 1. The van der Waals surface area contributed by atoms with E-state index in [0.29, 0.717) is 6.04 Å². The molecule has 2 heteroatoms. The van der Waals surface area contributed by atoms with Gasteiger partial charge in [0.1, 0.15) is 0 Å². The van der Waals surface area contributed by atoms with Gasteiger partial charge in [-0.1, -0.05) is 56.3 Å². The van der Waals surface area contributed by atoms with Gasteiger partial charge in [0.25, 0.3) is 0 Å². The summed E-state index contributed by atoms with van der Waals surface area (Å²) in [5.41, 5.74) is 7.20. The SMILES string of the molecule is CCc1ccccc1-c1ccc(C2CN2I)c(CC)c1. The zero-order valence-corrected chi connectivity index (χ0v) is 14.2. The van der Waals surface area contributed by atoms with Gasteiger partial charge in [0, 0.05) is 29.4 Å². The van der Waals surface area contributed by atoms with Crippen LogP contribution in [-0.4, -0.2) is 9.66 Å². The Hall–Kier alpha value is -0.870. The highest BCUT2D eigenvalue weighted by Gasteiger charge is 2.34. The van der Waals surface area contributed by atoms with E-state index in [2.05, 4.69) is 82.3 Å². The van der Waals surface area contributed by atoms with E-state index in [0.717, 1.165) is 12.8 Å². The monoisotopic (exact) mass is 377 g/mol. The lowest BCUT2D eigenvalue weighted by atomic mass is 9.93. The van der Waals surface area contributed by atoms with E-state index in [1.165, 1.54) is 34.4 Å². The fraction of sp³-hybridized carbons (Fsp3) is 0.333. The Labute approximate surface area is 135 Å². The van der Waals surface area contributed by atoms with Gasteiger partial charge >= 0.3 is 0 Å². The van der Waals surface area contributed by atoms with Crippen LogP contribution >= 0.6 is 22.9 Å². The smallest absolute Gasteiger partial charge is 0.0582 e. The summed E-state index contributed by atoms with van der Waals surface area (Å²) in [4.78, 5) is 0. The van der Waals surface area contributed by atoms with Crippen LogP contribution in [0.1, 0.15) is 36.6 Å². The molecule has 1 aliphatic rings. The fourth-order valence-corrected chi connectivity index (χ4v) is 3.56. The van der Waals surface area contributed by atoms with Crippen molar-refractivity contribution in [1.82, 2.24) is 3.11 Å². The second kappa shape index (κ2) is 5.86. The number of hydrogen-bond acceptors (Lipinski definition) is 1. The Morgan fingerprint density at radius 1 is 1.05 bits per heavy atom. The van der Waals surface area contributed by atoms with Crippen molar-refractivity contribution in [3.8, 4) is 11.1 Å². The lowest BCUT2D eigenvalue weighted by Gasteiger charge is -2.12. The zero-order valence-electron chi connectivity index (χ0n) is 12.1. The summed E-state index contributed by atoms with van der Waals surface area (Å²) < 4.78 is 2.37. The Morgan fingerprint density at radius 2 is 1.75 bits per heavy atom. The van der Waals surface area contributed by atoms with E-state index in [1.807, 2.05) is 0 Å². The van der Waals surface area contributed by atoms with Crippen molar-refractivity contribution in [1.29, 1.82) is 0 Å². The summed E-state index contributed by atoms with van der Waals surface area (Å²) in [5.74, 6) is 0. The molecule has 3 rings (SSSR count). The van der Waals surface area contributed by atoms with Crippen LogP contribution in [0.4, 0.5) is 0 Å². The standard InChI is InChI=1S/C18H20IN/c1-3-13-7-5-6-8-16(13)15-9-10-17(14(4-2)11-15)18-12-20(18)19/h5-11,18H,3-4,12H2,1-2H3. The first kappa shape index (κ1) is 14.1. The molecular weight excluding hydrogens is 357 g/mol. The molecule has 0 saturated carbocycles. The summed E-state index contributed by atoms with van der Waals surface area (Å²) in [5, 5.41) is 0. The van der Waals surface area contributed by atoms with Crippen molar-refractivity contribution in [3.63, 3.8) is 0 Å². The zero-order chi connectivity index (χ0) is 14.1. The Morgan fingerprint density at radius 3 is 2.40 bits per heavy atom. The molecule has 1 heterocycles. The number of halogens is 1. The van der Waals surface area contributed by atoms with Crippen molar-refractivity contribution in [3.05, 3.63) is 59.2 Å². The molecular formula is C18H20IN. The second-order valence-corrected chi connectivity index (χ2v) is 6.62. The van der Waals surface area contributed by atoms with Gasteiger partial charge in [-0.3, -0.25) is 0 Å². The van der Waals surface area contributed by atoms with Gasteiger partial charge in [-0.2, -0.15) is 0 Å². The third-order valence-corrected chi connectivity index (χ3v) is 5.21. The third-order valence-electron chi connectivity index (χ3n) is 4.14. The molecule has 0 spiro atoms. The molecule has 1 saturated heterocycles. The van der Waals surface area contributed by atoms with Gasteiger partial charge in [-0.25, -0.2) is 3.11 Å². The second-order valence-electron chi connectivity index (χ2n) is 5.38. The maximum absolute atomic E-state index is 2.42. The predicted molar refractivity (Wildman–Crippen MR) is 94.1 cm³/mol. The Kier molecular flexibility index (Phi) is 4.13. The maximum Gasteiger partial charge on any atom is 0.0582 e. The van der Waals surface area contributed by atoms with Crippen molar-refractivity contribution in [2.45, 2.75) is 32.7 Å². The topological polar surface area (TPSA) is 3.01 Å². The summed E-state index contributed by atoms with van der Waals surface area (Å²) in [6.07, 6.45) is 2.20. The van der Waals surface area contributed by atoms with Crippen LogP contribution in [0.2, 0.25) is 0 Å². The molecule has 1 nitrogen and oxygen atoms in total. The molecule has 0 bridgehead atoms. The van der Waals surface area contributed by atoms with Gasteiger partial charge in [-0.15, -0.1) is 0 Å². The van der Waals surface area contributed by atoms with Gasteiger partial charge in [0.05, 0.1) is 6.04 Å². The molecule has 0 aliphatic carbocycles. The number of rotatable bonds is 4. The Bertz CT molecular complexity index is 621. The highest BCUT2D eigenvalue weighted by molar-refractivity contribution is 14.1. The fourth-order valence-electron chi connectivity index (χ4n) is 2.88. The molecule has 1 fully saturated rings. The molecule has 0 amide bonds. The van der Waals surface area contributed by atoms with E-state index in [9.17, 15) is 0 Å². The summed E-state index contributed by atoms with van der Waals surface area (Å²) in [7, 11) is 0. The van der Waals surface area contributed by atoms with E-state index >= 15 is 0 Å². The third kappa shape index (κ3) is 2.63. The molecule has 2 aromatic rings. The quantitative estimate of drug-likeness (QED) is 0.403. The van der Waals surface area contributed by atoms with Crippen molar-refractivity contribution < 1.29 is 0 Å². The van der Waals surface area contributed by atoms with Gasteiger partial charge in [0.2, 0.25) is 0 Å². The minimum atomic E-state index is 0.640. The van der Waals surface area contributed by atoms with E-state index in [1.54, 1.807) is 0 Å². The van der Waals surface area contributed by atoms with E-state index < -0.39 is 0 Å². The van der Waals surface area contributed by atoms with Gasteiger partial charge in [0.15, 0.2) is 0 Å². The van der Waals surface area contributed by atoms with E-state index in [-0.39, 0.29) is 0 Å². The summed E-state index contributed by atoms with van der Waals surface area (Å²) >= 11 is 2.42. The van der Waals surface area contributed by atoms with Crippen molar-refractivity contribution in [2.75, 3.05) is 6.54 Å². The van der Waals surface area contributed by atoms with E-state index in [4.69, 9.17) is 0 Å². The Balaban J connectivity index is 2.02. The van der Waals surface area contributed by atoms with Crippen molar-refractivity contribution in [2.24, 2.45) is 0 Å². The van der Waals surface area contributed by atoms with Crippen LogP contribution in [0.15, 0.2) is 42.5 Å². The lowest BCUT2D eigenvalue weighted by molar-refractivity contribution is 0.877. The highest BCUT2D eigenvalue weighted by Crippen LogP contribution is 2.41. The molecule has 2 unspecified atom stereocenters. The van der Waals surface area contributed by atoms with Crippen LogP contribution in [0.25, 0.3) is 11.1 Å². The van der Waals surface area contributed by atoms with Crippen LogP contribution in [0, 0.1) is 0 Å². The minimum Gasteiger partial charge on any atom is -0.237 e. The number of aryl methyl sites for hydroxylation is 2. The number of hydrogen-bond donors (Lipinski definition) is 0. The lowest BCUT2D eigenvalue weighted by Crippen LogP contribution is -1.95. The molecule has 0 aromatic heterocycles. The molecule has 0 radical (unpaired) electrons. The molecule has 104 valence electrons. The van der Waals surface area contributed by atoms with Gasteiger partial charge < -0.3 is 0 Å². The maximum atomic E-state index is 2.42. The number of benzene rings is 2. The normalized spacial score (nSPS) is 20.9. The minimum absolute atomic E-state index is 0.640. The molecule has 20 heavy (non-hydrogen) atoms. The predicted octanol–water partition coefficient (Wildman–Crippen LogP) is 5.19. The molecule has 2 aromatic carbocycles. The first-order chi connectivity index (χ1) is 9.74. The first-order valence-corrected chi connectivity index (χ1v) is 8.34. The van der Waals surface area contributed by atoms with Crippen LogP contribution < -0.4 is 0 Å². The molecule has 2 atom stereocenters. The summed E-state index contributed by atoms with van der Waals surface area (Å²) in [6, 6.07) is 16.4. The van der Waals surface area contributed by atoms with Crippen LogP contribution in [-0.2, 0) is 12.8 Å². The average molecular weight is 377 g/mol. The molecule has 0 N–H and O–H groups in total. The molecule has 1 aliphatic heterocycles. The highest BCUT2D eigenvalue weighted by atomic mass is 127. The summed E-state index contributed by atoms with van der Waals surface area (Å²) in [6.45, 7) is 5.68. The largest absolute Gasteiger partial charge is 0.237 e. The van der Waals surface area contributed by atoms with Gasteiger partial charge in [-0.05, 0) is 40.7 Å².